The zero-order valence-electron chi connectivity index (χ0n) is 8.23. The Kier molecular flexibility index (Phi) is 3.65. The van der Waals surface area contributed by atoms with Crippen molar-refractivity contribution in [2.75, 3.05) is 0 Å². The number of carboxylic acid groups (broad SMARTS) is 1. The molecule has 3 N–H and O–H groups in total. The number of aryl methyl sites for hydroxylation is 1. The van der Waals surface area contributed by atoms with E-state index in [0.717, 1.165) is 12.0 Å². The van der Waals surface area contributed by atoms with Crippen molar-refractivity contribution in [3.05, 3.63) is 35.4 Å². The highest BCUT2D eigenvalue weighted by atomic mass is 16.4. The van der Waals surface area contributed by atoms with Gasteiger partial charge in [0.25, 0.3) is 0 Å². The average molecular weight is 193 g/mol. The summed E-state index contributed by atoms with van der Waals surface area (Å²) in [6, 6.07) is 7.35. The maximum absolute atomic E-state index is 10.5. The van der Waals surface area contributed by atoms with Gasteiger partial charge in [-0.1, -0.05) is 31.2 Å². The first-order valence-electron chi connectivity index (χ1n) is 4.69. The lowest BCUT2D eigenvalue weighted by Gasteiger charge is -2.10. The summed E-state index contributed by atoms with van der Waals surface area (Å²) in [5.74, 6) is -0.862. The quantitative estimate of drug-likeness (QED) is 0.765. The van der Waals surface area contributed by atoms with Crippen LogP contribution < -0.4 is 5.73 Å². The summed E-state index contributed by atoms with van der Waals surface area (Å²) in [6.07, 6.45) is 0.917. The van der Waals surface area contributed by atoms with E-state index in [0.29, 0.717) is 0 Å². The van der Waals surface area contributed by atoms with Gasteiger partial charge < -0.3 is 10.8 Å². The van der Waals surface area contributed by atoms with Crippen LogP contribution in [0, 0.1) is 0 Å². The third-order valence-corrected chi connectivity index (χ3v) is 2.18. The minimum absolute atomic E-state index is 0.0207. The molecule has 0 bridgehead atoms. The monoisotopic (exact) mass is 193 g/mol. The number of carbonyl (C=O) groups is 1. The van der Waals surface area contributed by atoms with Crippen LogP contribution in [0.2, 0.25) is 0 Å². The molecular formula is C11H15NO2. The Hall–Kier alpha value is -1.35. The van der Waals surface area contributed by atoms with Gasteiger partial charge in [-0.25, -0.2) is 0 Å². The predicted molar refractivity (Wildman–Crippen MR) is 55.0 cm³/mol. The van der Waals surface area contributed by atoms with Gasteiger partial charge in [0.05, 0.1) is 6.42 Å². The van der Waals surface area contributed by atoms with Gasteiger partial charge in [0.1, 0.15) is 0 Å². The van der Waals surface area contributed by atoms with Crippen LogP contribution in [0.4, 0.5) is 0 Å². The van der Waals surface area contributed by atoms with E-state index in [1.54, 1.807) is 0 Å². The van der Waals surface area contributed by atoms with E-state index in [9.17, 15) is 4.79 Å². The summed E-state index contributed by atoms with van der Waals surface area (Å²) in [6.45, 7) is 2.06. The molecule has 14 heavy (non-hydrogen) atoms. The molecule has 0 aliphatic carbocycles. The molecule has 0 spiro atoms. The fourth-order valence-electron chi connectivity index (χ4n) is 1.35. The standard InChI is InChI=1S/C11H15NO2/c1-2-8-4-3-5-9(6-8)10(12)7-11(13)14/h3-6,10H,2,7,12H2,1H3,(H,13,14). The minimum atomic E-state index is -0.862. The molecule has 0 aliphatic rings. The first-order chi connectivity index (χ1) is 6.63. The molecule has 1 rings (SSSR count). The Balaban J connectivity index is 2.78. The molecule has 0 aliphatic heterocycles. The van der Waals surface area contributed by atoms with Gasteiger partial charge in [0.15, 0.2) is 0 Å². The van der Waals surface area contributed by atoms with Crippen LogP contribution in [0.1, 0.15) is 30.5 Å². The van der Waals surface area contributed by atoms with Gasteiger partial charge in [-0.2, -0.15) is 0 Å². The fraction of sp³-hybridized carbons (Fsp3) is 0.364. The molecule has 3 heteroatoms. The average Bonchev–Trinajstić information content (AvgIpc) is 2.17. The molecule has 1 aromatic rings. The minimum Gasteiger partial charge on any atom is -0.481 e. The number of nitrogens with two attached hydrogens (primary N) is 1. The second kappa shape index (κ2) is 4.77. The third-order valence-electron chi connectivity index (χ3n) is 2.18. The van der Waals surface area contributed by atoms with Crippen molar-refractivity contribution >= 4 is 5.97 Å². The maximum atomic E-state index is 10.5. The van der Waals surface area contributed by atoms with E-state index in [1.807, 2.05) is 24.3 Å². The molecular weight excluding hydrogens is 178 g/mol. The zero-order chi connectivity index (χ0) is 10.6. The zero-order valence-corrected chi connectivity index (χ0v) is 8.23. The predicted octanol–water partition coefficient (Wildman–Crippen LogP) is 1.72. The molecule has 0 radical (unpaired) electrons. The maximum Gasteiger partial charge on any atom is 0.305 e. The van der Waals surface area contributed by atoms with E-state index in [-0.39, 0.29) is 6.42 Å². The van der Waals surface area contributed by atoms with Gasteiger partial charge in [-0.05, 0) is 17.5 Å². The Morgan fingerprint density at radius 3 is 2.86 bits per heavy atom. The number of hydrogen-bond donors (Lipinski definition) is 2. The van der Waals surface area contributed by atoms with Crippen LogP contribution in [-0.4, -0.2) is 11.1 Å². The summed E-state index contributed by atoms with van der Waals surface area (Å²) in [5, 5.41) is 8.59. The van der Waals surface area contributed by atoms with Crippen molar-refractivity contribution in [3.63, 3.8) is 0 Å². The lowest BCUT2D eigenvalue weighted by Crippen LogP contribution is -2.15. The third kappa shape index (κ3) is 2.85. The molecule has 0 saturated heterocycles. The van der Waals surface area contributed by atoms with E-state index in [4.69, 9.17) is 10.8 Å². The highest BCUT2D eigenvalue weighted by molar-refractivity contribution is 5.67. The van der Waals surface area contributed by atoms with E-state index in [2.05, 4.69) is 6.92 Å². The SMILES string of the molecule is CCc1cccc(C(N)CC(=O)O)c1. The number of carboxylic acids is 1. The first-order valence-corrected chi connectivity index (χ1v) is 4.69. The first kappa shape index (κ1) is 10.7. The van der Waals surface area contributed by atoms with E-state index < -0.39 is 12.0 Å². The van der Waals surface area contributed by atoms with Crippen LogP contribution in [0.25, 0.3) is 0 Å². The Morgan fingerprint density at radius 2 is 2.29 bits per heavy atom. The molecule has 0 aromatic heterocycles. The lowest BCUT2D eigenvalue weighted by molar-refractivity contribution is -0.137. The summed E-state index contributed by atoms with van der Waals surface area (Å²) >= 11 is 0. The Morgan fingerprint density at radius 1 is 1.57 bits per heavy atom. The largest absolute Gasteiger partial charge is 0.481 e. The number of benzene rings is 1. The van der Waals surface area contributed by atoms with Gasteiger partial charge in [-0.15, -0.1) is 0 Å². The van der Waals surface area contributed by atoms with Crippen LogP contribution in [-0.2, 0) is 11.2 Å². The molecule has 76 valence electrons. The second-order valence-electron chi connectivity index (χ2n) is 3.30. The van der Waals surface area contributed by atoms with Crippen molar-refractivity contribution in [1.29, 1.82) is 0 Å². The van der Waals surface area contributed by atoms with Crippen molar-refractivity contribution in [3.8, 4) is 0 Å². The van der Waals surface area contributed by atoms with Crippen molar-refractivity contribution in [1.82, 2.24) is 0 Å². The molecule has 0 fully saturated rings. The van der Waals surface area contributed by atoms with Gasteiger partial charge >= 0.3 is 5.97 Å². The van der Waals surface area contributed by atoms with Gasteiger partial charge in [0, 0.05) is 6.04 Å². The Labute approximate surface area is 83.6 Å². The highest BCUT2D eigenvalue weighted by Crippen LogP contribution is 2.15. The normalized spacial score (nSPS) is 12.4. The summed E-state index contributed by atoms with van der Waals surface area (Å²) in [4.78, 5) is 10.5. The lowest BCUT2D eigenvalue weighted by atomic mass is 10.0. The van der Waals surface area contributed by atoms with Crippen LogP contribution >= 0.6 is 0 Å². The molecule has 0 amide bonds. The smallest absolute Gasteiger partial charge is 0.305 e. The topological polar surface area (TPSA) is 63.3 Å². The van der Waals surface area contributed by atoms with Gasteiger partial charge in [-0.3, -0.25) is 4.79 Å². The number of aliphatic carboxylic acids is 1. The van der Waals surface area contributed by atoms with E-state index >= 15 is 0 Å². The van der Waals surface area contributed by atoms with Crippen LogP contribution in [0.15, 0.2) is 24.3 Å². The summed E-state index contributed by atoms with van der Waals surface area (Å²) in [7, 11) is 0. The molecule has 3 nitrogen and oxygen atoms in total. The number of hydrogen-bond acceptors (Lipinski definition) is 2. The van der Waals surface area contributed by atoms with Crippen LogP contribution in [0.5, 0.6) is 0 Å². The summed E-state index contributed by atoms with van der Waals surface area (Å²) in [5.41, 5.74) is 7.82. The second-order valence-corrected chi connectivity index (χ2v) is 3.30. The van der Waals surface area contributed by atoms with Crippen molar-refractivity contribution in [2.45, 2.75) is 25.8 Å². The molecule has 0 heterocycles. The molecule has 1 atom stereocenters. The molecule has 0 saturated carbocycles. The van der Waals surface area contributed by atoms with Crippen LogP contribution in [0.3, 0.4) is 0 Å². The number of rotatable bonds is 4. The summed E-state index contributed by atoms with van der Waals surface area (Å²) < 4.78 is 0. The van der Waals surface area contributed by atoms with Crippen molar-refractivity contribution in [2.24, 2.45) is 5.73 Å². The fourth-order valence-corrected chi connectivity index (χ4v) is 1.35. The molecule has 1 unspecified atom stereocenters. The van der Waals surface area contributed by atoms with Crippen molar-refractivity contribution < 1.29 is 9.90 Å². The Bertz CT molecular complexity index is 323. The highest BCUT2D eigenvalue weighted by Gasteiger charge is 2.10. The molecule has 1 aromatic carbocycles. The van der Waals surface area contributed by atoms with E-state index in [1.165, 1.54) is 5.56 Å². The van der Waals surface area contributed by atoms with Gasteiger partial charge in [0.2, 0.25) is 0 Å².